The molecular weight excluding hydrogens is 414 g/mol. The van der Waals surface area contributed by atoms with E-state index >= 15 is 0 Å². The zero-order valence-corrected chi connectivity index (χ0v) is 20.3. The summed E-state index contributed by atoms with van der Waals surface area (Å²) < 4.78 is 3.53. The summed E-state index contributed by atoms with van der Waals surface area (Å²) in [4.78, 5) is 22.8. The first-order valence-corrected chi connectivity index (χ1v) is 11.3. The Bertz CT molecular complexity index is 1290. The smallest absolute Gasteiger partial charge is 0.257 e. The fraction of sp³-hybridized carbons (Fsp3) is 0.400. The molecule has 172 valence electrons. The number of anilines is 1. The summed E-state index contributed by atoms with van der Waals surface area (Å²) in [6.07, 6.45) is 3.43. The Balaban J connectivity index is 1.81. The number of nitrogens with zero attached hydrogens (tertiary/aromatic N) is 6. The highest BCUT2D eigenvalue weighted by Gasteiger charge is 2.24. The standard InChI is InChI=1S/C25H31N7O/c1-15(2)19-12-17(18-14-27-31(16(3)4)23(18)28-19)24(33)29-22-13-20(25(5,6)7)30-32(22)21-10-8-9-11-26-21/h8-16H,1-7H3,(H,29,33). The van der Waals surface area contributed by atoms with Crippen molar-refractivity contribution in [1.29, 1.82) is 0 Å². The highest BCUT2D eigenvalue weighted by Crippen LogP contribution is 2.28. The van der Waals surface area contributed by atoms with Crippen molar-refractivity contribution < 1.29 is 4.79 Å². The van der Waals surface area contributed by atoms with Gasteiger partial charge in [0.15, 0.2) is 11.5 Å². The van der Waals surface area contributed by atoms with E-state index in [1.54, 1.807) is 17.1 Å². The van der Waals surface area contributed by atoms with Crippen LogP contribution in [-0.4, -0.2) is 35.4 Å². The lowest BCUT2D eigenvalue weighted by Gasteiger charge is -2.13. The predicted octanol–water partition coefficient (Wildman–Crippen LogP) is 5.27. The van der Waals surface area contributed by atoms with E-state index in [2.05, 4.69) is 63.9 Å². The van der Waals surface area contributed by atoms with Gasteiger partial charge in [0.1, 0.15) is 5.82 Å². The number of hydrogen-bond donors (Lipinski definition) is 1. The maximum Gasteiger partial charge on any atom is 0.257 e. The fourth-order valence-electron chi connectivity index (χ4n) is 3.57. The van der Waals surface area contributed by atoms with Crippen LogP contribution in [0.2, 0.25) is 0 Å². The van der Waals surface area contributed by atoms with Gasteiger partial charge in [0.25, 0.3) is 5.91 Å². The third-order valence-electron chi connectivity index (χ3n) is 5.50. The van der Waals surface area contributed by atoms with Crippen LogP contribution in [0, 0.1) is 0 Å². The molecule has 8 heteroatoms. The van der Waals surface area contributed by atoms with Crippen molar-refractivity contribution in [2.75, 3.05) is 5.32 Å². The SMILES string of the molecule is CC(C)c1cc(C(=O)Nc2cc(C(C)(C)C)nn2-c2ccccn2)c2cnn(C(C)C)c2n1. The minimum atomic E-state index is -0.231. The fourth-order valence-corrected chi connectivity index (χ4v) is 3.57. The first-order valence-electron chi connectivity index (χ1n) is 11.3. The maximum atomic E-state index is 13.6. The molecule has 1 amide bonds. The molecule has 0 fully saturated rings. The Hall–Kier alpha value is -3.55. The summed E-state index contributed by atoms with van der Waals surface area (Å²) in [6, 6.07) is 9.51. The van der Waals surface area contributed by atoms with Gasteiger partial charge in [0, 0.05) is 29.4 Å². The molecule has 33 heavy (non-hydrogen) atoms. The molecule has 8 nitrogen and oxygen atoms in total. The third kappa shape index (κ3) is 4.37. The first kappa shape index (κ1) is 22.6. The molecule has 4 heterocycles. The highest BCUT2D eigenvalue weighted by molar-refractivity contribution is 6.11. The second-order valence-electron chi connectivity index (χ2n) is 9.89. The monoisotopic (exact) mass is 445 g/mol. The number of hydrogen-bond acceptors (Lipinski definition) is 5. The molecular formula is C25H31N7O. The molecule has 0 saturated carbocycles. The Kier molecular flexibility index (Phi) is 5.78. The van der Waals surface area contributed by atoms with E-state index in [0.717, 1.165) is 22.4 Å². The van der Waals surface area contributed by atoms with Crippen LogP contribution in [0.25, 0.3) is 16.9 Å². The number of amides is 1. The molecule has 0 aromatic carbocycles. The van der Waals surface area contributed by atoms with Gasteiger partial charge in [-0.15, -0.1) is 0 Å². The number of carbonyl (C=O) groups excluding carboxylic acids is 1. The van der Waals surface area contributed by atoms with Crippen molar-refractivity contribution in [1.82, 2.24) is 29.5 Å². The summed E-state index contributed by atoms with van der Waals surface area (Å²) >= 11 is 0. The Morgan fingerprint density at radius 1 is 1.09 bits per heavy atom. The minimum Gasteiger partial charge on any atom is -0.306 e. The van der Waals surface area contributed by atoms with Crippen molar-refractivity contribution in [3.8, 4) is 5.82 Å². The van der Waals surface area contributed by atoms with Gasteiger partial charge < -0.3 is 5.32 Å². The van der Waals surface area contributed by atoms with Crippen LogP contribution < -0.4 is 5.32 Å². The topological polar surface area (TPSA) is 90.5 Å². The van der Waals surface area contributed by atoms with E-state index in [4.69, 9.17) is 10.1 Å². The predicted molar refractivity (Wildman–Crippen MR) is 130 cm³/mol. The van der Waals surface area contributed by atoms with Gasteiger partial charge >= 0.3 is 0 Å². The summed E-state index contributed by atoms with van der Waals surface area (Å²) in [5.41, 5.74) is 2.78. The van der Waals surface area contributed by atoms with Crippen molar-refractivity contribution >= 4 is 22.8 Å². The van der Waals surface area contributed by atoms with Gasteiger partial charge in [-0.25, -0.2) is 14.6 Å². The zero-order chi connectivity index (χ0) is 23.9. The molecule has 0 aliphatic rings. The van der Waals surface area contributed by atoms with E-state index < -0.39 is 0 Å². The Morgan fingerprint density at radius 2 is 1.85 bits per heavy atom. The number of pyridine rings is 2. The second-order valence-corrected chi connectivity index (χ2v) is 9.89. The summed E-state index contributed by atoms with van der Waals surface area (Å²) in [6.45, 7) is 14.5. The van der Waals surface area contributed by atoms with Crippen molar-refractivity contribution in [2.45, 2.75) is 65.8 Å². The van der Waals surface area contributed by atoms with Crippen LogP contribution in [0.4, 0.5) is 5.82 Å². The number of nitrogens with one attached hydrogen (secondary N) is 1. The lowest BCUT2D eigenvalue weighted by Crippen LogP contribution is -2.17. The first-order chi connectivity index (χ1) is 15.6. The van der Waals surface area contributed by atoms with Crippen LogP contribution in [-0.2, 0) is 5.41 Å². The largest absolute Gasteiger partial charge is 0.306 e. The minimum absolute atomic E-state index is 0.133. The Labute approximate surface area is 194 Å². The normalized spacial score (nSPS) is 12.2. The number of aromatic nitrogens is 6. The second kappa shape index (κ2) is 8.42. The summed E-state index contributed by atoms with van der Waals surface area (Å²) in [5, 5.41) is 13.0. The van der Waals surface area contributed by atoms with Gasteiger partial charge in [0.05, 0.1) is 22.8 Å². The van der Waals surface area contributed by atoms with Gasteiger partial charge in [-0.2, -0.15) is 14.9 Å². The van der Waals surface area contributed by atoms with Gasteiger partial charge in [0.2, 0.25) is 0 Å². The molecule has 0 spiro atoms. The van der Waals surface area contributed by atoms with Crippen LogP contribution in [0.15, 0.2) is 42.7 Å². The van der Waals surface area contributed by atoms with Gasteiger partial charge in [-0.05, 0) is 38.0 Å². The van der Waals surface area contributed by atoms with Gasteiger partial charge in [-0.1, -0.05) is 40.7 Å². The average molecular weight is 446 g/mol. The molecule has 4 rings (SSSR count). The van der Waals surface area contributed by atoms with E-state index in [1.165, 1.54) is 0 Å². The van der Waals surface area contributed by atoms with Gasteiger partial charge in [-0.3, -0.25) is 4.79 Å². The molecule has 1 N–H and O–H groups in total. The summed E-state index contributed by atoms with van der Waals surface area (Å²) in [5.74, 6) is 1.14. The van der Waals surface area contributed by atoms with Crippen LogP contribution in [0.1, 0.15) is 82.2 Å². The molecule has 0 saturated heterocycles. The quantitative estimate of drug-likeness (QED) is 0.452. The van der Waals surface area contributed by atoms with E-state index in [9.17, 15) is 4.79 Å². The highest BCUT2D eigenvalue weighted by atomic mass is 16.1. The van der Waals surface area contributed by atoms with Crippen LogP contribution in [0.5, 0.6) is 0 Å². The molecule has 0 aliphatic heterocycles. The van der Waals surface area contributed by atoms with Crippen molar-refractivity contribution in [3.63, 3.8) is 0 Å². The Morgan fingerprint density at radius 3 is 2.45 bits per heavy atom. The van der Waals surface area contributed by atoms with E-state index in [1.807, 2.05) is 35.0 Å². The molecule has 0 aliphatic carbocycles. The molecule has 4 aromatic rings. The van der Waals surface area contributed by atoms with Crippen molar-refractivity contribution in [3.05, 3.63) is 59.7 Å². The summed E-state index contributed by atoms with van der Waals surface area (Å²) in [7, 11) is 0. The number of carbonyl (C=O) groups is 1. The average Bonchev–Trinajstić information content (AvgIpc) is 3.38. The molecule has 4 aromatic heterocycles. The van der Waals surface area contributed by atoms with Crippen LogP contribution in [0.3, 0.4) is 0 Å². The molecule has 0 radical (unpaired) electrons. The lowest BCUT2D eigenvalue weighted by atomic mass is 9.92. The number of fused-ring (bicyclic) bond motifs is 1. The molecule has 0 atom stereocenters. The van der Waals surface area contributed by atoms with Crippen molar-refractivity contribution in [2.24, 2.45) is 0 Å². The van der Waals surface area contributed by atoms with Crippen LogP contribution >= 0.6 is 0 Å². The van der Waals surface area contributed by atoms with E-state index in [0.29, 0.717) is 17.2 Å². The third-order valence-corrected chi connectivity index (χ3v) is 5.50. The van der Waals surface area contributed by atoms with E-state index in [-0.39, 0.29) is 23.3 Å². The lowest BCUT2D eigenvalue weighted by molar-refractivity contribution is 0.102. The molecule has 0 unspecified atom stereocenters. The number of rotatable bonds is 5. The molecule has 0 bridgehead atoms. The maximum absolute atomic E-state index is 13.6. The zero-order valence-electron chi connectivity index (χ0n) is 20.3.